The number of aromatic nitrogens is 3. The highest BCUT2D eigenvalue weighted by molar-refractivity contribution is 5.88. The van der Waals surface area contributed by atoms with Gasteiger partial charge in [0, 0.05) is 11.9 Å². The number of pyridine rings is 1. The second kappa shape index (κ2) is 6.61. The minimum atomic E-state index is -0.813. The van der Waals surface area contributed by atoms with Gasteiger partial charge in [0.1, 0.15) is 5.82 Å². The zero-order chi connectivity index (χ0) is 18.8. The van der Waals surface area contributed by atoms with Gasteiger partial charge in [0.25, 0.3) is 0 Å². The maximum atomic E-state index is 11.9. The molecule has 7 heteroatoms. The molecule has 0 saturated heterocycles. The lowest BCUT2D eigenvalue weighted by molar-refractivity contribution is 0.182. The first-order valence-corrected chi connectivity index (χ1v) is 8.10. The molecule has 0 atom stereocenters. The maximum absolute atomic E-state index is 11.9. The van der Waals surface area contributed by atoms with Crippen LogP contribution in [0.4, 0.5) is 11.5 Å². The molecule has 130 valence electrons. The minimum Gasteiger partial charge on any atom is -0.422 e. The summed E-state index contributed by atoms with van der Waals surface area (Å²) in [7, 11) is 0. The van der Waals surface area contributed by atoms with Gasteiger partial charge < -0.3 is 10.5 Å². The molecule has 0 aliphatic heterocycles. The van der Waals surface area contributed by atoms with Gasteiger partial charge in [-0.3, -0.25) is 0 Å². The van der Waals surface area contributed by atoms with Crippen LogP contribution in [0.5, 0.6) is 0 Å². The van der Waals surface area contributed by atoms with Crippen molar-refractivity contribution in [2.24, 2.45) is 0 Å². The Morgan fingerprint density at radius 2 is 1.85 bits per heavy atom. The van der Waals surface area contributed by atoms with Crippen LogP contribution in [0.3, 0.4) is 0 Å². The quantitative estimate of drug-likeness (QED) is 0.546. The van der Waals surface area contributed by atoms with Gasteiger partial charge in [-0.05, 0) is 47.5 Å². The number of anilines is 2. The van der Waals surface area contributed by atoms with Crippen molar-refractivity contribution >= 4 is 22.5 Å². The Labute approximate surface area is 153 Å². The molecule has 4 rings (SSSR count). The number of hydrogen-bond donors (Lipinski definition) is 2. The molecule has 27 heavy (non-hydrogen) atoms. The Morgan fingerprint density at radius 3 is 2.63 bits per heavy atom. The summed E-state index contributed by atoms with van der Waals surface area (Å²) in [6.45, 7) is 0. The van der Waals surface area contributed by atoms with Crippen molar-refractivity contribution in [2.75, 3.05) is 5.32 Å². The van der Waals surface area contributed by atoms with Gasteiger partial charge in [0.05, 0.1) is 17.0 Å². The number of nitriles is 1. The molecule has 0 unspecified atom stereocenters. The van der Waals surface area contributed by atoms with Crippen LogP contribution in [0.2, 0.25) is 0 Å². The summed E-state index contributed by atoms with van der Waals surface area (Å²) in [5.74, 6) is 0.311. The minimum absolute atomic E-state index is 0.128. The summed E-state index contributed by atoms with van der Waals surface area (Å²) in [6.07, 6.45) is 1.49. The van der Waals surface area contributed by atoms with E-state index in [1.165, 1.54) is 6.20 Å². The number of fused-ring (bicyclic) bond motifs is 1. The van der Waals surface area contributed by atoms with Crippen molar-refractivity contribution in [3.05, 3.63) is 82.9 Å². The Balaban J connectivity index is 1.74. The molecule has 2 N–H and O–H groups in total. The molecule has 0 bridgehead atoms. The van der Waals surface area contributed by atoms with Gasteiger partial charge in [-0.1, -0.05) is 24.3 Å². The molecule has 0 amide bonds. The standard InChI is InChI=1S/C20H13N5O2/c21-12-13-6-8-14(9-7-13)15-3-1-4-16(11-15)23-18-17-5-2-10-22-19(17)25(27)20(26)24-18/h1-11,27H,(H,23,24,26). The highest BCUT2D eigenvalue weighted by Gasteiger charge is 2.11. The average Bonchev–Trinajstić information content (AvgIpc) is 2.72. The number of nitrogens with zero attached hydrogens (tertiary/aromatic N) is 4. The van der Waals surface area contributed by atoms with Crippen LogP contribution in [0.25, 0.3) is 22.2 Å². The lowest BCUT2D eigenvalue weighted by Gasteiger charge is -2.11. The van der Waals surface area contributed by atoms with Gasteiger partial charge in [0.15, 0.2) is 5.65 Å². The second-order valence-electron chi connectivity index (χ2n) is 5.82. The number of hydrogen-bond acceptors (Lipinski definition) is 6. The smallest absolute Gasteiger partial charge is 0.384 e. The molecule has 0 saturated carbocycles. The molecule has 0 spiro atoms. The van der Waals surface area contributed by atoms with E-state index in [9.17, 15) is 10.0 Å². The van der Waals surface area contributed by atoms with E-state index in [0.29, 0.717) is 21.5 Å². The zero-order valence-electron chi connectivity index (χ0n) is 14.0. The van der Waals surface area contributed by atoms with Crippen molar-refractivity contribution < 1.29 is 5.21 Å². The Kier molecular flexibility index (Phi) is 3.99. The van der Waals surface area contributed by atoms with Crippen LogP contribution in [0.15, 0.2) is 71.7 Å². The van der Waals surface area contributed by atoms with Crippen molar-refractivity contribution in [1.29, 1.82) is 5.26 Å². The average molecular weight is 355 g/mol. The molecule has 0 radical (unpaired) electrons. The summed E-state index contributed by atoms with van der Waals surface area (Å²) in [6, 6.07) is 20.4. The van der Waals surface area contributed by atoms with Crippen molar-refractivity contribution in [2.45, 2.75) is 0 Å². The summed E-state index contributed by atoms with van der Waals surface area (Å²) in [5.41, 5.74) is 2.55. The van der Waals surface area contributed by atoms with E-state index in [1.807, 2.05) is 36.4 Å². The SMILES string of the molecule is N#Cc1ccc(-c2cccc(Nc3nc(=O)n(O)c4ncccc34)c2)cc1. The summed E-state index contributed by atoms with van der Waals surface area (Å²) < 4.78 is 0.424. The zero-order valence-corrected chi connectivity index (χ0v) is 14.0. The fourth-order valence-electron chi connectivity index (χ4n) is 2.79. The van der Waals surface area contributed by atoms with Crippen LogP contribution in [-0.2, 0) is 0 Å². The molecule has 0 aliphatic rings. The number of nitrogens with one attached hydrogen (secondary N) is 1. The third-order valence-corrected chi connectivity index (χ3v) is 4.10. The van der Waals surface area contributed by atoms with Crippen LogP contribution in [-0.4, -0.2) is 19.9 Å². The highest BCUT2D eigenvalue weighted by atomic mass is 16.5. The maximum Gasteiger partial charge on any atom is 0.384 e. The van der Waals surface area contributed by atoms with Crippen molar-refractivity contribution in [3.63, 3.8) is 0 Å². The van der Waals surface area contributed by atoms with Crippen LogP contribution < -0.4 is 11.0 Å². The molecule has 7 nitrogen and oxygen atoms in total. The molecule has 0 aliphatic carbocycles. The molecular formula is C20H13N5O2. The normalized spacial score (nSPS) is 10.5. The van der Waals surface area contributed by atoms with Crippen LogP contribution in [0, 0.1) is 11.3 Å². The predicted octanol–water partition coefficient (Wildman–Crippen LogP) is 3.31. The topological polar surface area (TPSA) is 104 Å². The lowest BCUT2D eigenvalue weighted by atomic mass is 10.0. The molecule has 2 heterocycles. The van der Waals surface area contributed by atoms with E-state index in [1.54, 1.807) is 24.3 Å². The third kappa shape index (κ3) is 3.07. The first-order chi connectivity index (χ1) is 13.2. The van der Waals surface area contributed by atoms with Gasteiger partial charge >= 0.3 is 5.69 Å². The highest BCUT2D eigenvalue weighted by Crippen LogP contribution is 2.26. The van der Waals surface area contributed by atoms with E-state index in [-0.39, 0.29) is 5.65 Å². The monoisotopic (exact) mass is 355 g/mol. The Morgan fingerprint density at radius 1 is 1.04 bits per heavy atom. The Hall–Kier alpha value is -4.18. The Bertz CT molecular complexity index is 1240. The summed E-state index contributed by atoms with van der Waals surface area (Å²) in [5, 5.41) is 22.4. The number of rotatable bonds is 3. The first kappa shape index (κ1) is 16.3. The molecule has 2 aromatic carbocycles. The van der Waals surface area contributed by atoms with Crippen molar-refractivity contribution in [3.8, 4) is 17.2 Å². The van der Waals surface area contributed by atoms with Gasteiger partial charge in [-0.2, -0.15) is 10.2 Å². The number of benzene rings is 2. The van der Waals surface area contributed by atoms with Crippen molar-refractivity contribution in [1.82, 2.24) is 14.7 Å². The third-order valence-electron chi connectivity index (χ3n) is 4.10. The van der Waals surface area contributed by atoms with E-state index in [4.69, 9.17) is 5.26 Å². The molecule has 4 aromatic rings. The van der Waals surface area contributed by atoms with Gasteiger partial charge in [0.2, 0.25) is 0 Å². The fraction of sp³-hybridized carbons (Fsp3) is 0. The molecule has 0 fully saturated rings. The fourth-order valence-corrected chi connectivity index (χ4v) is 2.79. The largest absolute Gasteiger partial charge is 0.422 e. The van der Waals surface area contributed by atoms with Crippen LogP contribution >= 0.6 is 0 Å². The van der Waals surface area contributed by atoms with E-state index < -0.39 is 5.69 Å². The van der Waals surface area contributed by atoms with E-state index in [2.05, 4.69) is 21.4 Å². The second-order valence-corrected chi connectivity index (χ2v) is 5.82. The van der Waals surface area contributed by atoms with E-state index in [0.717, 1.165) is 16.8 Å². The summed E-state index contributed by atoms with van der Waals surface area (Å²) >= 11 is 0. The van der Waals surface area contributed by atoms with E-state index >= 15 is 0 Å². The lowest BCUT2D eigenvalue weighted by Crippen LogP contribution is -2.23. The van der Waals surface area contributed by atoms with Gasteiger partial charge in [-0.15, -0.1) is 4.73 Å². The predicted molar refractivity (Wildman–Crippen MR) is 101 cm³/mol. The molecule has 2 aromatic heterocycles. The van der Waals surface area contributed by atoms with Gasteiger partial charge in [-0.25, -0.2) is 9.78 Å². The first-order valence-electron chi connectivity index (χ1n) is 8.10. The molecular weight excluding hydrogens is 342 g/mol. The summed E-state index contributed by atoms with van der Waals surface area (Å²) in [4.78, 5) is 19.8. The van der Waals surface area contributed by atoms with Crippen LogP contribution in [0.1, 0.15) is 5.56 Å².